The Bertz CT molecular complexity index is 728. The molecule has 0 unspecified atom stereocenters. The van der Waals surface area contributed by atoms with Gasteiger partial charge in [0.25, 0.3) is 5.91 Å². The predicted molar refractivity (Wildman–Crippen MR) is 90.7 cm³/mol. The van der Waals surface area contributed by atoms with Crippen LogP contribution in [0.1, 0.15) is 25.3 Å². The molecule has 2 rings (SSSR count). The van der Waals surface area contributed by atoms with Crippen molar-refractivity contribution >= 4 is 17.3 Å². The average Bonchev–Trinajstić information content (AvgIpc) is 2.57. The highest BCUT2D eigenvalue weighted by Gasteiger charge is 2.09. The third-order valence-corrected chi connectivity index (χ3v) is 3.25. The van der Waals surface area contributed by atoms with E-state index in [-0.39, 0.29) is 5.57 Å². The highest BCUT2D eigenvalue weighted by Crippen LogP contribution is 2.17. The maximum Gasteiger partial charge on any atom is 0.267 e. The van der Waals surface area contributed by atoms with Crippen molar-refractivity contribution in [1.29, 1.82) is 5.26 Å². The highest BCUT2D eigenvalue weighted by molar-refractivity contribution is 6.06. The minimum Gasteiger partial charge on any atom is -0.359 e. The molecule has 0 saturated heterocycles. The summed E-state index contributed by atoms with van der Waals surface area (Å²) >= 11 is 0. The maximum absolute atomic E-state index is 12.1. The Morgan fingerprint density at radius 2 is 1.96 bits per heavy atom. The lowest BCUT2D eigenvalue weighted by Gasteiger charge is -2.08. The topological polar surface area (TPSA) is 77.8 Å². The van der Waals surface area contributed by atoms with Crippen LogP contribution in [-0.4, -0.2) is 10.9 Å². The third kappa shape index (κ3) is 4.68. The average molecular weight is 306 g/mol. The summed E-state index contributed by atoms with van der Waals surface area (Å²) in [6, 6.07) is 13.0. The highest BCUT2D eigenvalue weighted by atomic mass is 16.1. The van der Waals surface area contributed by atoms with E-state index in [4.69, 9.17) is 5.26 Å². The van der Waals surface area contributed by atoms with E-state index in [2.05, 4.69) is 29.5 Å². The summed E-state index contributed by atoms with van der Waals surface area (Å²) < 4.78 is 0. The molecular formula is C18H18N4O. The monoisotopic (exact) mass is 306 g/mol. The molecule has 0 saturated carbocycles. The second-order valence-electron chi connectivity index (χ2n) is 5.29. The van der Waals surface area contributed by atoms with Gasteiger partial charge in [-0.2, -0.15) is 5.26 Å². The van der Waals surface area contributed by atoms with Gasteiger partial charge in [-0.3, -0.25) is 9.78 Å². The second-order valence-corrected chi connectivity index (χ2v) is 5.29. The number of benzene rings is 1. The van der Waals surface area contributed by atoms with Crippen LogP contribution in [0.3, 0.4) is 0 Å². The Morgan fingerprint density at radius 3 is 2.52 bits per heavy atom. The fourth-order valence-corrected chi connectivity index (χ4v) is 1.90. The number of nitrogens with zero attached hydrogens (tertiary/aromatic N) is 2. The summed E-state index contributed by atoms with van der Waals surface area (Å²) in [4.78, 5) is 16.1. The summed E-state index contributed by atoms with van der Waals surface area (Å²) in [5, 5.41) is 14.7. The van der Waals surface area contributed by atoms with Gasteiger partial charge in [-0.1, -0.05) is 26.0 Å². The fourth-order valence-electron chi connectivity index (χ4n) is 1.90. The second kappa shape index (κ2) is 7.76. The van der Waals surface area contributed by atoms with E-state index in [1.54, 1.807) is 24.5 Å². The normalized spacial score (nSPS) is 11.0. The molecule has 0 atom stereocenters. The van der Waals surface area contributed by atoms with Crippen molar-refractivity contribution in [2.75, 3.05) is 10.6 Å². The van der Waals surface area contributed by atoms with E-state index in [0.29, 0.717) is 17.3 Å². The van der Waals surface area contributed by atoms with Gasteiger partial charge in [0.2, 0.25) is 0 Å². The van der Waals surface area contributed by atoms with Crippen LogP contribution >= 0.6 is 0 Å². The van der Waals surface area contributed by atoms with Crippen molar-refractivity contribution in [3.63, 3.8) is 0 Å². The molecule has 2 N–H and O–H groups in total. The lowest BCUT2D eigenvalue weighted by atomic mass is 10.0. The number of hydrogen-bond donors (Lipinski definition) is 2. The van der Waals surface area contributed by atoms with Crippen molar-refractivity contribution in [3.05, 3.63) is 66.1 Å². The molecule has 1 aromatic carbocycles. The number of carbonyl (C=O) groups excluding carboxylic acids is 1. The van der Waals surface area contributed by atoms with Gasteiger partial charge in [-0.05, 0) is 35.7 Å². The molecule has 23 heavy (non-hydrogen) atoms. The zero-order valence-electron chi connectivity index (χ0n) is 13.1. The first-order valence-electron chi connectivity index (χ1n) is 7.28. The molecule has 1 amide bonds. The largest absolute Gasteiger partial charge is 0.359 e. The first-order valence-corrected chi connectivity index (χ1v) is 7.28. The lowest BCUT2D eigenvalue weighted by molar-refractivity contribution is -0.112. The van der Waals surface area contributed by atoms with Gasteiger partial charge in [0.15, 0.2) is 0 Å². The summed E-state index contributed by atoms with van der Waals surface area (Å²) in [5.41, 5.74) is 2.54. The Labute approximate surface area is 135 Å². The van der Waals surface area contributed by atoms with Crippen LogP contribution in [0.25, 0.3) is 0 Å². The van der Waals surface area contributed by atoms with E-state index in [0.717, 1.165) is 0 Å². The van der Waals surface area contributed by atoms with E-state index in [9.17, 15) is 4.79 Å². The van der Waals surface area contributed by atoms with Gasteiger partial charge >= 0.3 is 0 Å². The minimum absolute atomic E-state index is 0.0122. The molecule has 5 nitrogen and oxygen atoms in total. The van der Waals surface area contributed by atoms with Crippen LogP contribution in [-0.2, 0) is 4.79 Å². The van der Waals surface area contributed by atoms with Crippen molar-refractivity contribution < 1.29 is 4.79 Å². The van der Waals surface area contributed by atoms with Crippen LogP contribution in [0, 0.1) is 11.3 Å². The summed E-state index contributed by atoms with van der Waals surface area (Å²) in [6.07, 6.45) is 4.62. The molecule has 0 aliphatic carbocycles. The van der Waals surface area contributed by atoms with Gasteiger partial charge in [0, 0.05) is 18.1 Å². The predicted octanol–water partition coefficient (Wildman–Crippen LogP) is 3.66. The Balaban J connectivity index is 2.04. The number of hydrogen-bond acceptors (Lipinski definition) is 4. The van der Waals surface area contributed by atoms with Gasteiger partial charge in [-0.25, -0.2) is 0 Å². The number of amides is 1. The van der Waals surface area contributed by atoms with Gasteiger partial charge in [0.05, 0.1) is 11.9 Å². The Kier molecular flexibility index (Phi) is 5.48. The van der Waals surface area contributed by atoms with Crippen molar-refractivity contribution in [2.24, 2.45) is 0 Å². The number of pyridine rings is 1. The van der Waals surface area contributed by atoms with Crippen LogP contribution in [0.4, 0.5) is 11.4 Å². The van der Waals surface area contributed by atoms with Crippen LogP contribution in [0.5, 0.6) is 0 Å². The van der Waals surface area contributed by atoms with E-state index in [1.807, 2.05) is 30.3 Å². The van der Waals surface area contributed by atoms with Gasteiger partial charge < -0.3 is 10.6 Å². The van der Waals surface area contributed by atoms with Gasteiger partial charge in [-0.15, -0.1) is 0 Å². The van der Waals surface area contributed by atoms with E-state index in [1.165, 1.54) is 11.8 Å². The first kappa shape index (κ1) is 16.2. The van der Waals surface area contributed by atoms with Gasteiger partial charge in [0.1, 0.15) is 11.6 Å². The standard InChI is InChI=1S/C18H18N4O/c1-13(2)14-5-7-16(8-6-14)22-18(23)15(10-19)11-21-17-4-3-9-20-12-17/h3-9,11-13,21H,1-2H3,(H,22,23)/b15-11-. The number of carbonyl (C=O) groups is 1. The van der Waals surface area contributed by atoms with Crippen molar-refractivity contribution in [3.8, 4) is 6.07 Å². The molecule has 116 valence electrons. The zero-order chi connectivity index (χ0) is 16.7. The maximum atomic E-state index is 12.1. The summed E-state index contributed by atoms with van der Waals surface area (Å²) in [6.45, 7) is 4.21. The number of anilines is 2. The molecule has 0 aliphatic rings. The summed E-state index contributed by atoms with van der Waals surface area (Å²) in [7, 11) is 0. The number of nitriles is 1. The van der Waals surface area contributed by atoms with Crippen LogP contribution in [0.2, 0.25) is 0 Å². The van der Waals surface area contributed by atoms with E-state index < -0.39 is 5.91 Å². The number of rotatable bonds is 5. The quantitative estimate of drug-likeness (QED) is 0.652. The number of nitrogens with one attached hydrogen (secondary N) is 2. The minimum atomic E-state index is -0.457. The summed E-state index contributed by atoms with van der Waals surface area (Å²) in [5.74, 6) is -0.0285. The molecule has 5 heteroatoms. The lowest BCUT2D eigenvalue weighted by Crippen LogP contribution is -2.14. The molecule has 2 aromatic rings. The molecular weight excluding hydrogens is 288 g/mol. The molecule has 0 aliphatic heterocycles. The smallest absolute Gasteiger partial charge is 0.267 e. The zero-order valence-corrected chi connectivity index (χ0v) is 13.1. The Hall–Kier alpha value is -3.13. The molecule has 0 bridgehead atoms. The molecule has 1 heterocycles. The molecule has 1 aromatic heterocycles. The third-order valence-electron chi connectivity index (χ3n) is 3.25. The first-order chi connectivity index (χ1) is 11.1. The van der Waals surface area contributed by atoms with Crippen molar-refractivity contribution in [1.82, 2.24) is 4.98 Å². The SMILES string of the molecule is CC(C)c1ccc(NC(=O)/C(C#N)=C\Nc2cccnc2)cc1. The fraction of sp³-hybridized carbons (Fsp3) is 0.167. The van der Waals surface area contributed by atoms with Crippen LogP contribution < -0.4 is 10.6 Å². The van der Waals surface area contributed by atoms with Crippen LogP contribution in [0.15, 0.2) is 60.6 Å². The molecule has 0 spiro atoms. The van der Waals surface area contributed by atoms with E-state index >= 15 is 0 Å². The Morgan fingerprint density at radius 1 is 1.22 bits per heavy atom. The van der Waals surface area contributed by atoms with Crippen molar-refractivity contribution in [2.45, 2.75) is 19.8 Å². The molecule has 0 radical (unpaired) electrons. The molecule has 0 fully saturated rings. The number of aromatic nitrogens is 1.